The predicted octanol–water partition coefficient (Wildman–Crippen LogP) is 0.633. The van der Waals surface area contributed by atoms with Gasteiger partial charge in [0, 0.05) is 19.6 Å². The van der Waals surface area contributed by atoms with E-state index in [9.17, 15) is 13.2 Å². The lowest BCUT2D eigenvalue weighted by Crippen LogP contribution is -2.56. The highest BCUT2D eigenvalue weighted by atomic mass is 32.2. The molecule has 1 aromatic carbocycles. The molecule has 24 heavy (non-hydrogen) atoms. The van der Waals surface area contributed by atoms with Crippen LogP contribution in [0.4, 0.5) is 0 Å². The second-order valence-electron chi connectivity index (χ2n) is 6.94. The summed E-state index contributed by atoms with van der Waals surface area (Å²) in [4.78, 5) is 14.5. The highest BCUT2D eigenvalue weighted by Crippen LogP contribution is 2.46. The lowest BCUT2D eigenvalue weighted by molar-refractivity contribution is -0.150. The Morgan fingerprint density at radius 1 is 1.29 bits per heavy atom. The van der Waals surface area contributed by atoms with Crippen LogP contribution < -0.4 is 0 Å². The molecule has 3 saturated heterocycles. The van der Waals surface area contributed by atoms with Gasteiger partial charge < -0.3 is 9.64 Å². The molecule has 3 fully saturated rings. The monoisotopic (exact) mass is 350 g/mol. The van der Waals surface area contributed by atoms with Gasteiger partial charge in [0.25, 0.3) is 0 Å². The molecular formula is C17H22N2O4S. The first-order valence-corrected chi connectivity index (χ1v) is 9.93. The largest absolute Gasteiger partial charge is 0.365 e. The molecule has 0 aliphatic carbocycles. The summed E-state index contributed by atoms with van der Waals surface area (Å²) in [6, 6.07) is 9.64. The molecule has 7 heteroatoms. The average Bonchev–Trinajstić information content (AvgIpc) is 2.94. The number of hydrogen-bond acceptors (Lipinski definition) is 4. The van der Waals surface area contributed by atoms with Crippen molar-refractivity contribution in [2.75, 3.05) is 26.2 Å². The summed E-state index contributed by atoms with van der Waals surface area (Å²) in [5.74, 6) is 0.0434. The van der Waals surface area contributed by atoms with Gasteiger partial charge >= 0.3 is 0 Å². The molecule has 4 rings (SSSR count). The number of likely N-dealkylation sites (tertiary alicyclic amines) is 1. The van der Waals surface area contributed by atoms with Crippen LogP contribution in [0.2, 0.25) is 0 Å². The molecule has 130 valence electrons. The molecule has 3 aliphatic heterocycles. The topological polar surface area (TPSA) is 66.9 Å². The molecule has 0 radical (unpaired) electrons. The summed E-state index contributed by atoms with van der Waals surface area (Å²) in [6.45, 7) is 3.52. The van der Waals surface area contributed by atoms with E-state index in [1.807, 2.05) is 37.3 Å². The normalized spacial score (nSPS) is 34.3. The van der Waals surface area contributed by atoms with Crippen LogP contribution >= 0.6 is 0 Å². The molecule has 1 aromatic rings. The van der Waals surface area contributed by atoms with Crippen LogP contribution in [0.1, 0.15) is 18.9 Å². The van der Waals surface area contributed by atoms with Crippen LogP contribution in [0.15, 0.2) is 30.3 Å². The maximum atomic E-state index is 12.7. The number of likely N-dealkylation sites (N-methyl/N-ethyl adjacent to an activating group) is 1. The third-order valence-corrected chi connectivity index (χ3v) is 7.86. The van der Waals surface area contributed by atoms with E-state index in [4.69, 9.17) is 4.74 Å². The number of ether oxygens (including phenoxy) is 1. The van der Waals surface area contributed by atoms with E-state index in [0.29, 0.717) is 39.0 Å². The number of sulfonamides is 1. The van der Waals surface area contributed by atoms with E-state index in [1.54, 1.807) is 4.90 Å². The van der Waals surface area contributed by atoms with Gasteiger partial charge in [0.05, 0.1) is 19.1 Å². The Morgan fingerprint density at radius 3 is 2.75 bits per heavy atom. The van der Waals surface area contributed by atoms with Gasteiger partial charge in [-0.1, -0.05) is 37.3 Å². The van der Waals surface area contributed by atoms with E-state index in [0.717, 1.165) is 5.56 Å². The fraction of sp³-hybridized carbons (Fsp3) is 0.588. The summed E-state index contributed by atoms with van der Waals surface area (Å²) < 4.78 is 32.9. The lowest BCUT2D eigenvalue weighted by atomic mass is 9.99. The number of amides is 1. The zero-order valence-electron chi connectivity index (χ0n) is 13.7. The Balaban J connectivity index is 1.55. The first kappa shape index (κ1) is 16.1. The van der Waals surface area contributed by atoms with Crippen molar-refractivity contribution < 1.29 is 17.9 Å². The van der Waals surface area contributed by atoms with Crippen molar-refractivity contribution >= 4 is 15.9 Å². The molecule has 3 aliphatic rings. The van der Waals surface area contributed by atoms with Crippen molar-refractivity contribution in [2.45, 2.75) is 36.7 Å². The number of rotatable bonds is 3. The fourth-order valence-corrected chi connectivity index (χ4v) is 6.63. The molecule has 0 N–H and O–H groups in total. The number of hydrogen-bond donors (Lipinski definition) is 0. The minimum Gasteiger partial charge on any atom is -0.365 e. The SMILES string of the molecule is CCN1C[C@@]23CN(C(=O)Cc4ccccc4)C[C@@H](C[C@@H]2S1(=O)=O)O3. The average molecular weight is 350 g/mol. The molecule has 6 nitrogen and oxygen atoms in total. The van der Waals surface area contributed by atoms with Crippen LogP contribution in [0.3, 0.4) is 0 Å². The summed E-state index contributed by atoms with van der Waals surface area (Å²) >= 11 is 0. The zero-order chi connectivity index (χ0) is 16.9. The van der Waals surface area contributed by atoms with E-state index in [1.165, 1.54) is 4.31 Å². The molecule has 0 aromatic heterocycles. The van der Waals surface area contributed by atoms with Crippen LogP contribution in [0, 0.1) is 0 Å². The number of nitrogens with zero attached hydrogens (tertiary/aromatic N) is 2. The summed E-state index contributed by atoms with van der Waals surface area (Å²) in [7, 11) is -3.32. The van der Waals surface area contributed by atoms with Gasteiger partial charge in [-0.2, -0.15) is 4.31 Å². The standard InChI is InChI=1S/C17H22N2O4S/c1-2-19-12-17-11-18(16(20)8-13-6-4-3-5-7-13)10-14(23-17)9-15(17)24(19,21)22/h3-7,14-15H,2,8-12H2,1H3/t14-,15+,17+/m1/s1. The molecule has 3 atom stereocenters. The quantitative estimate of drug-likeness (QED) is 0.802. The Bertz CT molecular complexity index is 751. The first-order chi connectivity index (χ1) is 11.4. The van der Waals surface area contributed by atoms with Crippen LogP contribution in [-0.4, -0.2) is 66.7 Å². The van der Waals surface area contributed by atoms with Gasteiger partial charge in [0.1, 0.15) is 10.9 Å². The minimum absolute atomic E-state index is 0.0434. The molecule has 1 spiro atoms. The van der Waals surface area contributed by atoms with Crippen LogP contribution in [0.25, 0.3) is 0 Å². The molecular weight excluding hydrogens is 328 g/mol. The van der Waals surface area contributed by atoms with Gasteiger partial charge in [-0.3, -0.25) is 4.79 Å². The van der Waals surface area contributed by atoms with Crippen molar-refractivity contribution in [3.8, 4) is 0 Å². The first-order valence-electron chi connectivity index (χ1n) is 8.43. The van der Waals surface area contributed by atoms with Crippen molar-refractivity contribution in [3.63, 3.8) is 0 Å². The number of benzene rings is 1. The summed E-state index contributed by atoms with van der Waals surface area (Å²) in [5, 5.41) is -0.510. The van der Waals surface area contributed by atoms with Crippen LogP contribution in [0.5, 0.6) is 0 Å². The van der Waals surface area contributed by atoms with E-state index < -0.39 is 20.9 Å². The van der Waals surface area contributed by atoms with E-state index in [-0.39, 0.29) is 12.0 Å². The number of fused-ring (bicyclic) bond motifs is 1. The molecule has 2 bridgehead atoms. The van der Waals surface area contributed by atoms with Gasteiger partial charge in [-0.25, -0.2) is 8.42 Å². The Kier molecular flexibility index (Phi) is 3.71. The second kappa shape index (κ2) is 5.54. The third-order valence-electron chi connectivity index (χ3n) is 5.41. The van der Waals surface area contributed by atoms with Crippen molar-refractivity contribution in [3.05, 3.63) is 35.9 Å². The number of carbonyl (C=O) groups excluding carboxylic acids is 1. The predicted molar refractivity (Wildman–Crippen MR) is 88.9 cm³/mol. The summed E-state index contributed by atoms with van der Waals surface area (Å²) in [6.07, 6.45) is 0.671. The maximum Gasteiger partial charge on any atom is 0.227 e. The summed E-state index contributed by atoms with van der Waals surface area (Å²) in [5.41, 5.74) is 0.231. The number of morpholine rings is 1. The maximum absolute atomic E-state index is 12.7. The Labute approximate surface area is 142 Å². The molecule has 0 unspecified atom stereocenters. The minimum atomic E-state index is -3.32. The van der Waals surface area contributed by atoms with Crippen LogP contribution in [-0.2, 0) is 26.0 Å². The fourth-order valence-electron chi connectivity index (χ4n) is 4.31. The van der Waals surface area contributed by atoms with E-state index >= 15 is 0 Å². The van der Waals surface area contributed by atoms with Crippen molar-refractivity contribution in [1.29, 1.82) is 0 Å². The van der Waals surface area contributed by atoms with Gasteiger partial charge in [0.2, 0.25) is 15.9 Å². The van der Waals surface area contributed by atoms with Gasteiger partial charge in [0.15, 0.2) is 0 Å². The third kappa shape index (κ3) is 2.37. The Hall–Kier alpha value is -1.44. The lowest BCUT2D eigenvalue weighted by Gasteiger charge is -2.39. The van der Waals surface area contributed by atoms with Gasteiger partial charge in [-0.05, 0) is 12.0 Å². The molecule has 0 saturated carbocycles. The Morgan fingerprint density at radius 2 is 2.04 bits per heavy atom. The van der Waals surface area contributed by atoms with Crippen molar-refractivity contribution in [2.24, 2.45) is 0 Å². The second-order valence-corrected chi connectivity index (χ2v) is 9.05. The molecule has 1 amide bonds. The smallest absolute Gasteiger partial charge is 0.227 e. The highest BCUT2D eigenvalue weighted by Gasteiger charge is 2.65. The van der Waals surface area contributed by atoms with E-state index in [2.05, 4.69) is 0 Å². The van der Waals surface area contributed by atoms with Crippen molar-refractivity contribution in [1.82, 2.24) is 9.21 Å². The molecule has 3 heterocycles. The highest BCUT2D eigenvalue weighted by molar-refractivity contribution is 7.90. The zero-order valence-corrected chi connectivity index (χ0v) is 14.5. The number of carbonyl (C=O) groups is 1. The van der Waals surface area contributed by atoms with Gasteiger partial charge in [-0.15, -0.1) is 0 Å².